The Kier molecular flexibility index (Phi) is 7.96. The Labute approximate surface area is 212 Å². The van der Waals surface area contributed by atoms with Gasteiger partial charge >= 0.3 is 0 Å². The topological polar surface area (TPSA) is 63.0 Å². The number of para-hydroxylation sites is 2. The highest BCUT2D eigenvalue weighted by Gasteiger charge is 2.29. The third-order valence-corrected chi connectivity index (χ3v) is 6.82. The summed E-state index contributed by atoms with van der Waals surface area (Å²) in [6.07, 6.45) is 1.97. The zero-order chi connectivity index (χ0) is 24.9. The molecule has 1 atom stereocenters. The highest BCUT2D eigenvalue weighted by Crippen LogP contribution is 2.35. The first-order chi connectivity index (χ1) is 17.6. The molecule has 0 spiro atoms. The molecule has 36 heavy (non-hydrogen) atoms. The van der Waals surface area contributed by atoms with Gasteiger partial charge in [0.1, 0.15) is 0 Å². The van der Waals surface area contributed by atoms with Crippen LogP contribution in [0.1, 0.15) is 24.1 Å². The number of hydrogen-bond acceptors (Lipinski definition) is 6. The molecule has 0 amide bonds. The summed E-state index contributed by atoms with van der Waals surface area (Å²) in [4.78, 5) is 4.56. The number of hydrogen-bond donors (Lipinski definition) is 1. The van der Waals surface area contributed by atoms with Gasteiger partial charge in [0.2, 0.25) is 5.88 Å². The molecule has 1 saturated heterocycles. The largest absolute Gasteiger partial charge is 0.435 e. The first-order valence-electron chi connectivity index (χ1n) is 12.8. The maximum absolute atomic E-state index is 14.6. The van der Waals surface area contributed by atoms with Crippen LogP contribution in [0.25, 0.3) is 5.69 Å². The first-order valence-corrected chi connectivity index (χ1v) is 12.8. The van der Waals surface area contributed by atoms with Crippen molar-refractivity contribution >= 4 is 0 Å². The summed E-state index contributed by atoms with van der Waals surface area (Å²) in [6.45, 7) is 7.76. The zero-order valence-corrected chi connectivity index (χ0v) is 20.9. The van der Waals surface area contributed by atoms with Crippen molar-refractivity contribution in [2.75, 3.05) is 45.9 Å². The number of benzene rings is 2. The fraction of sp³-hybridized carbons (Fsp3) is 0.464. The summed E-state index contributed by atoms with van der Waals surface area (Å²) >= 11 is 0. The number of β-amino-alcohol motifs (C(OH)–C–C–N with tert-alkyl or cyclic N) is 1. The van der Waals surface area contributed by atoms with Crippen molar-refractivity contribution in [3.63, 3.8) is 0 Å². The van der Waals surface area contributed by atoms with Crippen LogP contribution in [0.2, 0.25) is 0 Å². The Morgan fingerprint density at radius 3 is 2.56 bits per heavy atom. The predicted molar refractivity (Wildman–Crippen MR) is 136 cm³/mol. The van der Waals surface area contributed by atoms with Gasteiger partial charge in [0, 0.05) is 39.3 Å². The van der Waals surface area contributed by atoms with Crippen LogP contribution in [0.15, 0.2) is 54.6 Å². The molecule has 7 nitrogen and oxygen atoms in total. The van der Waals surface area contributed by atoms with E-state index in [9.17, 15) is 9.50 Å². The molecule has 5 rings (SSSR count). The summed E-state index contributed by atoms with van der Waals surface area (Å²) in [5.74, 6) is 0.905. The SMILES string of the molecule is Cc1nn(-c2ccccc2)c(Oc2ccccc2F)c1CN(CC1CC1)C[C@@H](O)CN1CCOCC1. The van der Waals surface area contributed by atoms with E-state index in [0.29, 0.717) is 44.6 Å². The van der Waals surface area contributed by atoms with Gasteiger partial charge < -0.3 is 14.6 Å². The Balaban J connectivity index is 1.41. The second-order valence-electron chi connectivity index (χ2n) is 9.85. The van der Waals surface area contributed by atoms with E-state index in [1.165, 1.54) is 18.9 Å². The van der Waals surface area contributed by atoms with Crippen LogP contribution >= 0.6 is 0 Å². The summed E-state index contributed by atoms with van der Waals surface area (Å²) in [5, 5.41) is 15.7. The molecule has 2 aromatic carbocycles. The molecule has 1 aliphatic carbocycles. The first kappa shape index (κ1) is 24.9. The minimum atomic E-state index is -0.470. The fourth-order valence-corrected chi connectivity index (χ4v) is 4.73. The monoisotopic (exact) mass is 494 g/mol. The number of aliphatic hydroxyl groups excluding tert-OH is 1. The van der Waals surface area contributed by atoms with Gasteiger partial charge in [0.25, 0.3) is 0 Å². The van der Waals surface area contributed by atoms with Crippen LogP contribution in [0.4, 0.5) is 4.39 Å². The summed E-state index contributed by atoms with van der Waals surface area (Å²) in [6, 6.07) is 16.2. The maximum atomic E-state index is 14.6. The normalized spacial score (nSPS) is 17.4. The Hall–Kier alpha value is -2.78. The zero-order valence-electron chi connectivity index (χ0n) is 20.9. The van der Waals surface area contributed by atoms with Crippen molar-refractivity contribution in [3.8, 4) is 17.3 Å². The molecule has 1 N–H and O–H groups in total. The predicted octanol–water partition coefficient (Wildman–Crippen LogP) is 4.02. The van der Waals surface area contributed by atoms with Gasteiger partial charge in [0.05, 0.1) is 36.3 Å². The van der Waals surface area contributed by atoms with Gasteiger partial charge in [-0.15, -0.1) is 0 Å². The molecule has 2 aliphatic rings. The van der Waals surface area contributed by atoms with E-state index >= 15 is 0 Å². The summed E-state index contributed by atoms with van der Waals surface area (Å²) in [7, 11) is 0. The molecular formula is C28H35FN4O3. The number of halogens is 1. The number of aromatic nitrogens is 2. The fourth-order valence-electron chi connectivity index (χ4n) is 4.73. The molecule has 8 heteroatoms. The number of ether oxygens (including phenoxy) is 2. The van der Waals surface area contributed by atoms with E-state index in [0.717, 1.165) is 36.6 Å². The Morgan fingerprint density at radius 1 is 1.11 bits per heavy atom. The second kappa shape index (κ2) is 11.5. The van der Waals surface area contributed by atoms with Gasteiger partial charge in [-0.2, -0.15) is 5.10 Å². The molecule has 3 aromatic rings. The van der Waals surface area contributed by atoms with Crippen molar-refractivity contribution in [1.29, 1.82) is 0 Å². The minimum absolute atomic E-state index is 0.164. The van der Waals surface area contributed by atoms with Crippen LogP contribution in [-0.2, 0) is 11.3 Å². The van der Waals surface area contributed by atoms with Crippen LogP contribution in [0.5, 0.6) is 11.6 Å². The van der Waals surface area contributed by atoms with Gasteiger partial charge in [-0.1, -0.05) is 30.3 Å². The molecule has 1 aliphatic heterocycles. The van der Waals surface area contributed by atoms with Crippen LogP contribution < -0.4 is 4.74 Å². The lowest BCUT2D eigenvalue weighted by Gasteiger charge is -2.31. The third kappa shape index (κ3) is 6.31. The van der Waals surface area contributed by atoms with Crippen molar-refractivity contribution in [2.45, 2.75) is 32.4 Å². The smallest absolute Gasteiger partial charge is 0.227 e. The molecule has 1 aromatic heterocycles. The number of morpholine rings is 1. The quantitative estimate of drug-likeness (QED) is 0.435. The van der Waals surface area contributed by atoms with Crippen LogP contribution in [-0.4, -0.2) is 76.7 Å². The maximum Gasteiger partial charge on any atom is 0.227 e. The Morgan fingerprint density at radius 2 is 1.83 bits per heavy atom. The summed E-state index contributed by atoms with van der Waals surface area (Å²) < 4.78 is 28.0. The number of nitrogens with zero attached hydrogens (tertiary/aromatic N) is 4. The van der Waals surface area contributed by atoms with Crippen LogP contribution in [0, 0.1) is 18.7 Å². The highest BCUT2D eigenvalue weighted by atomic mass is 19.1. The average Bonchev–Trinajstić information content (AvgIpc) is 3.65. The minimum Gasteiger partial charge on any atom is -0.435 e. The van der Waals surface area contributed by atoms with Crippen LogP contribution in [0.3, 0.4) is 0 Å². The van der Waals surface area contributed by atoms with Crippen molar-refractivity contribution in [3.05, 3.63) is 71.7 Å². The van der Waals surface area contributed by atoms with Gasteiger partial charge in [0.15, 0.2) is 11.6 Å². The summed E-state index contributed by atoms with van der Waals surface area (Å²) in [5.41, 5.74) is 2.58. The lowest BCUT2D eigenvalue weighted by molar-refractivity contribution is 0.00585. The van der Waals surface area contributed by atoms with E-state index in [1.54, 1.807) is 22.9 Å². The molecule has 0 unspecified atom stereocenters. The number of aryl methyl sites for hydroxylation is 1. The highest BCUT2D eigenvalue weighted by molar-refractivity contribution is 5.43. The molecular weight excluding hydrogens is 459 g/mol. The van der Waals surface area contributed by atoms with E-state index in [-0.39, 0.29) is 5.75 Å². The molecule has 0 radical (unpaired) electrons. The lowest BCUT2D eigenvalue weighted by atomic mass is 10.2. The van der Waals surface area contributed by atoms with Crippen molar-refractivity contribution in [2.24, 2.45) is 5.92 Å². The standard InChI is InChI=1S/C28H35FN4O3/c1-21-25(20-32(17-22-11-12-22)19-24(34)18-31-13-15-35-16-14-31)28(36-27-10-6-5-9-26(27)29)33(30-21)23-7-3-2-4-8-23/h2-10,22,24,34H,11-20H2,1H3/t24-/m0/s1. The third-order valence-electron chi connectivity index (χ3n) is 6.82. The van der Waals surface area contributed by atoms with Gasteiger partial charge in [-0.3, -0.25) is 9.80 Å². The second-order valence-corrected chi connectivity index (χ2v) is 9.85. The van der Waals surface area contributed by atoms with Gasteiger partial charge in [-0.25, -0.2) is 9.07 Å². The van der Waals surface area contributed by atoms with E-state index in [2.05, 4.69) is 9.80 Å². The molecule has 192 valence electrons. The van der Waals surface area contributed by atoms with E-state index in [4.69, 9.17) is 14.6 Å². The molecule has 2 heterocycles. The lowest BCUT2D eigenvalue weighted by Crippen LogP contribution is -2.44. The van der Waals surface area contributed by atoms with Gasteiger partial charge in [-0.05, 0) is 49.9 Å². The number of aliphatic hydroxyl groups is 1. The molecule has 2 fully saturated rings. The molecule has 1 saturated carbocycles. The average molecular weight is 495 g/mol. The Bertz CT molecular complexity index is 1130. The van der Waals surface area contributed by atoms with E-state index in [1.807, 2.05) is 37.3 Å². The number of rotatable bonds is 11. The van der Waals surface area contributed by atoms with Crippen molar-refractivity contribution in [1.82, 2.24) is 19.6 Å². The van der Waals surface area contributed by atoms with Crippen molar-refractivity contribution < 1.29 is 19.0 Å². The van der Waals surface area contributed by atoms with E-state index < -0.39 is 11.9 Å². The molecule has 0 bridgehead atoms.